The van der Waals surface area contributed by atoms with Gasteiger partial charge in [-0.15, -0.1) is 11.6 Å². The van der Waals surface area contributed by atoms with Crippen LogP contribution in [0.4, 0.5) is 0 Å². The standard InChI is InChI=1S/C15H19ClN2O2/c1-9-5-14(2)11-10(7-15(14,6-9)8-16)17(3)13(20)18(4)12(11)19/h6H,5,7-8H2,1-4H3. The van der Waals surface area contributed by atoms with Gasteiger partial charge in [0.15, 0.2) is 0 Å². The van der Waals surface area contributed by atoms with E-state index in [9.17, 15) is 9.59 Å². The zero-order valence-corrected chi connectivity index (χ0v) is 13.0. The highest BCUT2D eigenvalue weighted by atomic mass is 35.5. The van der Waals surface area contributed by atoms with Gasteiger partial charge in [0, 0.05) is 42.1 Å². The molecule has 0 spiro atoms. The topological polar surface area (TPSA) is 44.0 Å². The average Bonchev–Trinajstić information content (AvgIpc) is 2.78. The Morgan fingerprint density at radius 1 is 1.25 bits per heavy atom. The van der Waals surface area contributed by atoms with E-state index in [4.69, 9.17) is 11.6 Å². The van der Waals surface area contributed by atoms with Crippen LogP contribution in [-0.4, -0.2) is 15.0 Å². The van der Waals surface area contributed by atoms with Crippen molar-refractivity contribution >= 4 is 11.6 Å². The molecule has 1 heterocycles. The van der Waals surface area contributed by atoms with E-state index in [0.717, 1.165) is 17.7 Å². The molecule has 2 aliphatic rings. The molecule has 3 rings (SSSR count). The maximum atomic E-state index is 12.6. The van der Waals surface area contributed by atoms with Crippen molar-refractivity contribution in [1.82, 2.24) is 9.13 Å². The van der Waals surface area contributed by atoms with E-state index in [1.165, 1.54) is 10.1 Å². The average molecular weight is 295 g/mol. The molecule has 0 aliphatic heterocycles. The highest BCUT2D eigenvalue weighted by Crippen LogP contribution is 2.59. The smallest absolute Gasteiger partial charge is 0.300 e. The lowest BCUT2D eigenvalue weighted by molar-refractivity contribution is 0.271. The minimum absolute atomic E-state index is 0.166. The molecule has 0 saturated heterocycles. The quantitative estimate of drug-likeness (QED) is 0.582. The van der Waals surface area contributed by atoms with Crippen molar-refractivity contribution in [3.63, 3.8) is 0 Å². The van der Waals surface area contributed by atoms with Gasteiger partial charge in [-0.25, -0.2) is 4.79 Å². The number of allylic oxidation sites excluding steroid dienone is 2. The van der Waals surface area contributed by atoms with E-state index >= 15 is 0 Å². The van der Waals surface area contributed by atoms with Crippen LogP contribution in [-0.2, 0) is 25.9 Å². The fourth-order valence-electron chi connectivity index (χ4n) is 4.18. The molecule has 0 saturated carbocycles. The molecule has 5 heteroatoms. The van der Waals surface area contributed by atoms with Gasteiger partial charge in [-0.2, -0.15) is 0 Å². The molecular formula is C15H19ClN2O2. The Labute approximate surface area is 122 Å². The largest absolute Gasteiger partial charge is 0.330 e. The normalized spacial score (nSPS) is 31.1. The van der Waals surface area contributed by atoms with E-state index in [1.54, 1.807) is 18.7 Å². The first-order valence-corrected chi connectivity index (χ1v) is 7.34. The Morgan fingerprint density at radius 3 is 2.50 bits per heavy atom. The second-order valence-corrected chi connectivity index (χ2v) is 6.76. The summed E-state index contributed by atoms with van der Waals surface area (Å²) in [5.74, 6) is 0.465. The monoisotopic (exact) mass is 294 g/mol. The van der Waals surface area contributed by atoms with Crippen LogP contribution in [0, 0.1) is 5.41 Å². The fourth-order valence-corrected chi connectivity index (χ4v) is 4.65. The van der Waals surface area contributed by atoms with Gasteiger partial charge in [0.2, 0.25) is 0 Å². The maximum absolute atomic E-state index is 12.6. The van der Waals surface area contributed by atoms with Gasteiger partial charge in [0.25, 0.3) is 5.56 Å². The molecule has 0 radical (unpaired) electrons. The summed E-state index contributed by atoms with van der Waals surface area (Å²) in [5, 5.41) is 0. The minimum Gasteiger partial charge on any atom is -0.300 e. The first-order chi connectivity index (χ1) is 9.27. The predicted octanol–water partition coefficient (Wildman–Crippen LogP) is 1.47. The molecule has 1 aromatic heterocycles. The zero-order chi connectivity index (χ0) is 14.9. The Hall–Kier alpha value is -1.29. The number of nitrogens with zero attached hydrogens (tertiary/aromatic N) is 2. The molecule has 0 bridgehead atoms. The molecule has 2 atom stereocenters. The molecule has 0 fully saturated rings. The van der Waals surface area contributed by atoms with Gasteiger partial charge < -0.3 is 4.57 Å². The van der Waals surface area contributed by atoms with E-state index < -0.39 is 0 Å². The van der Waals surface area contributed by atoms with Crippen molar-refractivity contribution in [2.24, 2.45) is 19.5 Å². The van der Waals surface area contributed by atoms with Crippen LogP contribution < -0.4 is 11.2 Å². The van der Waals surface area contributed by atoms with Crippen molar-refractivity contribution in [1.29, 1.82) is 0 Å². The third-order valence-electron chi connectivity index (χ3n) is 5.31. The van der Waals surface area contributed by atoms with Gasteiger partial charge in [0.1, 0.15) is 0 Å². The van der Waals surface area contributed by atoms with Crippen molar-refractivity contribution in [3.8, 4) is 0 Å². The summed E-state index contributed by atoms with van der Waals surface area (Å²) in [6, 6.07) is 0. The number of alkyl halides is 1. The van der Waals surface area contributed by atoms with Crippen LogP contribution in [0.1, 0.15) is 31.5 Å². The fraction of sp³-hybridized carbons (Fsp3) is 0.600. The molecule has 20 heavy (non-hydrogen) atoms. The molecule has 2 aliphatic carbocycles. The summed E-state index contributed by atoms with van der Waals surface area (Å²) in [6.45, 7) is 4.20. The van der Waals surface area contributed by atoms with Crippen LogP contribution in [0.5, 0.6) is 0 Å². The van der Waals surface area contributed by atoms with Gasteiger partial charge in [-0.1, -0.05) is 18.6 Å². The van der Waals surface area contributed by atoms with E-state index in [2.05, 4.69) is 19.9 Å². The molecule has 0 amide bonds. The number of hydrogen-bond donors (Lipinski definition) is 0. The number of halogens is 1. The third kappa shape index (κ3) is 1.33. The van der Waals surface area contributed by atoms with Crippen molar-refractivity contribution in [3.05, 3.63) is 43.7 Å². The Bertz CT molecular complexity index is 758. The Balaban J connectivity index is 2.41. The van der Waals surface area contributed by atoms with Gasteiger partial charge >= 0.3 is 5.69 Å². The number of hydrogen-bond acceptors (Lipinski definition) is 2. The van der Waals surface area contributed by atoms with Gasteiger partial charge in [-0.05, 0) is 19.8 Å². The lowest BCUT2D eigenvalue weighted by atomic mass is 9.68. The van der Waals surface area contributed by atoms with Gasteiger partial charge in [0.05, 0.1) is 0 Å². The Morgan fingerprint density at radius 2 is 1.90 bits per heavy atom. The third-order valence-corrected chi connectivity index (χ3v) is 5.79. The molecule has 0 aromatic carbocycles. The molecule has 1 aromatic rings. The number of fused-ring (bicyclic) bond motifs is 3. The number of rotatable bonds is 1. The maximum Gasteiger partial charge on any atom is 0.330 e. The van der Waals surface area contributed by atoms with E-state index in [1.807, 2.05) is 0 Å². The SMILES string of the molecule is CC1=CC2(CCl)Cc3c(c(=O)n(C)c(=O)n3C)C2(C)C1. The molecule has 2 unspecified atom stereocenters. The summed E-state index contributed by atoms with van der Waals surface area (Å²) in [4.78, 5) is 24.7. The van der Waals surface area contributed by atoms with Crippen LogP contribution in [0.15, 0.2) is 21.2 Å². The minimum atomic E-state index is -0.297. The summed E-state index contributed by atoms with van der Waals surface area (Å²) in [5.41, 5.74) is 1.94. The molecule has 0 N–H and O–H groups in total. The summed E-state index contributed by atoms with van der Waals surface area (Å²) >= 11 is 6.29. The first-order valence-electron chi connectivity index (χ1n) is 6.81. The lowest BCUT2D eigenvalue weighted by Crippen LogP contribution is -2.44. The highest BCUT2D eigenvalue weighted by molar-refractivity contribution is 6.18. The van der Waals surface area contributed by atoms with Crippen molar-refractivity contribution in [2.75, 3.05) is 5.88 Å². The van der Waals surface area contributed by atoms with Crippen LogP contribution in [0.2, 0.25) is 0 Å². The molecule has 108 valence electrons. The van der Waals surface area contributed by atoms with Crippen LogP contribution in [0.25, 0.3) is 0 Å². The predicted molar refractivity (Wildman–Crippen MR) is 79.5 cm³/mol. The second kappa shape index (κ2) is 3.88. The highest BCUT2D eigenvalue weighted by Gasteiger charge is 2.58. The lowest BCUT2D eigenvalue weighted by Gasteiger charge is -2.35. The second-order valence-electron chi connectivity index (χ2n) is 6.49. The summed E-state index contributed by atoms with van der Waals surface area (Å²) in [6.07, 6.45) is 3.71. The van der Waals surface area contributed by atoms with Crippen molar-refractivity contribution < 1.29 is 0 Å². The van der Waals surface area contributed by atoms with E-state index in [0.29, 0.717) is 12.3 Å². The Kier molecular flexibility index (Phi) is 2.65. The van der Waals surface area contributed by atoms with E-state index in [-0.39, 0.29) is 22.1 Å². The van der Waals surface area contributed by atoms with Gasteiger partial charge in [-0.3, -0.25) is 9.36 Å². The van der Waals surface area contributed by atoms with Crippen LogP contribution in [0.3, 0.4) is 0 Å². The molecule has 4 nitrogen and oxygen atoms in total. The molecular weight excluding hydrogens is 276 g/mol. The van der Waals surface area contributed by atoms with Crippen LogP contribution >= 0.6 is 11.6 Å². The van der Waals surface area contributed by atoms with Crippen molar-refractivity contribution in [2.45, 2.75) is 32.1 Å². The summed E-state index contributed by atoms with van der Waals surface area (Å²) in [7, 11) is 3.29. The number of aromatic nitrogens is 2. The summed E-state index contributed by atoms with van der Waals surface area (Å²) < 4.78 is 2.82. The first kappa shape index (κ1) is 13.7. The zero-order valence-electron chi connectivity index (χ0n) is 12.3.